The van der Waals surface area contributed by atoms with E-state index in [0.29, 0.717) is 23.0 Å². The Bertz CT molecular complexity index is 841. The van der Waals surface area contributed by atoms with E-state index < -0.39 is 17.6 Å². The third-order valence-corrected chi connectivity index (χ3v) is 4.05. The van der Waals surface area contributed by atoms with Crippen molar-refractivity contribution in [3.63, 3.8) is 0 Å². The number of nitrogens with one attached hydrogen (secondary N) is 2. The highest BCUT2D eigenvalue weighted by atomic mass is 35.5. The average molecular weight is 380 g/mol. The summed E-state index contributed by atoms with van der Waals surface area (Å²) < 4.78 is 2.57. The summed E-state index contributed by atoms with van der Waals surface area (Å²) in [5.74, 6) is -0.234. The molecule has 0 aliphatic heterocycles. The zero-order valence-electron chi connectivity index (χ0n) is 15.0. The molecule has 1 heterocycles. The lowest BCUT2D eigenvalue weighted by molar-refractivity contribution is -0.128. The van der Waals surface area contributed by atoms with Crippen LogP contribution in [0.15, 0.2) is 29.1 Å². The summed E-state index contributed by atoms with van der Waals surface area (Å²) in [7, 11) is 1.49. The monoisotopic (exact) mass is 379 g/mol. The molecule has 0 saturated heterocycles. The second-order valence-electron chi connectivity index (χ2n) is 5.83. The van der Waals surface area contributed by atoms with E-state index in [-0.39, 0.29) is 12.5 Å². The fourth-order valence-corrected chi connectivity index (χ4v) is 2.59. The molecule has 0 fully saturated rings. The van der Waals surface area contributed by atoms with Crippen molar-refractivity contribution in [3.05, 3.63) is 45.6 Å². The van der Waals surface area contributed by atoms with Gasteiger partial charge in [0.2, 0.25) is 11.8 Å². The van der Waals surface area contributed by atoms with Gasteiger partial charge in [0.25, 0.3) is 0 Å². The Kier molecular flexibility index (Phi) is 6.57. The van der Waals surface area contributed by atoms with Crippen molar-refractivity contribution in [1.29, 1.82) is 0 Å². The molecule has 0 aliphatic rings. The smallest absolute Gasteiger partial charge is 0.351 e. The fraction of sp³-hybridized carbons (Fsp3) is 0.412. The Hall–Kier alpha value is -2.61. The number of likely N-dealkylation sites (N-methyl/N-ethyl adjacent to an activating group) is 1. The van der Waals surface area contributed by atoms with E-state index >= 15 is 0 Å². The molecule has 1 aromatic heterocycles. The van der Waals surface area contributed by atoms with Crippen molar-refractivity contribution in [2.75, 3.05) is 7.05 Å². The third kappa shape index (κ3) is 4.51. The number of carbonyl (C=O) groups excluding carboxylic acids is 2. The highest BCUT2D eigenvalue weighted by molar-refractivity contribution is 6.30. The summed E-state index contributed by atoms with van der Waals surface area (Å²) in [6.07, 6.45) is 1.32. The van der Waals surface area contributed by atoms with Crippen LogP contribution >= 0.6 is 11.6 Å². The maximum atomic E-state index is 12.7. The molecule has 1 aromatic carbocycles. The summed E-state index contributed by atoms with van der Waals surface area (Å²) >= 11 is 5.88. The second-order valence-corrected chi connectivity index (χ2v) is 6.26. The van der Waals surface area contributed by atoms with Crippen LogP contribution in [0.2, 0.25) is 5.02 Å². The Morgan fingerprint density at radius 1 is 1.27 bits per heavy atom. The predicted molar refractivity (Wildman–Crippen MR) is 98.5 cm³/mol. The minimum Gasteiger partial charge on any atom is -0.357 e. The van der Waals surface area contributed by atoms with E-state index in [9.17, 15) is 14.4 Å². The molecule has 2 aromatic rings. The number of aryl methyl sites for hydroxylation is 1. The summed E-state index contributed by atoms with van der Waals surface area (Å²) in [4.78, 5) is 36.5. The number of amides is 2. The molecule has 26 heavy (non-hydrogen) atoms. The second kappa shape index (κ2) is 8.66. The lowest BCUT2D eigenvalue weighted by atomic mass is 10.3. The summed E-state index contributed by atoms with van der Waals surface area (Å²) in [5, 5.41) is 9.93. The van der Waals surface area contributed by atoms with Crippen molar-refractivity contribution < 1.29 is 9.59 Å². The van der Waals surface area contributed by atoms with Crippen molar-refractivity contribution >= 4 is 23.4 Å². The highest BCUT2D eigenvalue weighted by Gasteiger charge is 2.19. The number of hydrogen-bond donors (Lipinski definition) is 2. The lowest BCUT2D eigenvalue weighted by Crippen LogP contribution is -2.45. The van der Waals surface area contributed by atoms with E-state index in [1.165, 1.54) is 16.3 Å². The summed E-state index contributed by atoms with van der Waals surface area (Å²) in [6.45, 7) is 3.33. The van der Waals surface area contributed by atoms with Crippen molar-refractivity contribution in [2.45, 2.75) is 39.3 Å². The van der Waals surface area contributed by atoms with Crippen molar-refractivity contribution in [3.8, 4) is 5.69 Å². The van der Waals surface area contributed by atoms with Crippen LogP contribution in [0.25, 0.3) is 5.69 Å². The maximum absolute atomic E-state index is 12.7. The Balaban J connectivity index is 2.29. The lowest BCUT2D eigenvalue weighted by Gasteiger charge is -2.12. The van der Waals surface area contributed by atoms with Gasteiger partial charge in [0.15, 0.2) is 0 Å². The normalized spacial score (nSPS) is 11.8. The minimum atomic E-state index is -0.691. The van der Waals surface area contributed by atoms with E-state index in [2.05, 4.69) is 15.7 Å². The van der Waals surface area contributed by atoms with Gasteiger partial charge in [-0.3, -0.25) is 14.2 Å². The number of hydrogen-bond acceptors (Lipinski definition) is 4. The molecule has 9 heteroatoms. The number of carbonyl (C=O) groups is 2. The molecule has 0 radical (unpaired) electrons. The number of aromatic nitrogens is 3. The first-order valence-electron chi connectivity index (χ1n) is 8.33. The van der Waals surface area contributed by atoms with Crippen molar-refractivity contribution in [2.24, 2.45) is 0 Å². The van der Waals surface area contributed by atoms with Gasteiger partial charge in [-0.2, -0.15) is 4.68 Å². The van der Waals surface area contributed by atoms with Crippen molar-refractivity contribution in [1.82, 2.24) is 25.0 Å². The quantitative estimate of drug-likeness (QED) is 0.746. The van der Waals surface area contributed by atoms with Gasteiger partial charge in [0, 0.05) is 18.5 Å². The zero-order chi connectivity index (χ0) is 19.3. The molecule has 140 valence electrons. The molecule has 1 atom stereocenters. The van der Waals surface area contributed by atoms with Crippen LogP contribution in [0.4, 0.5) is 0 Å². The first-order valence-corrected chi connectivity index (χ1v) is 8.70. The molecule has 0 saturated carbocycles. The van der Waals surface area contributed by atoms with Crippen LogP contribution in [0, 0.1) is 0 Å². The largest absolute Gasteiger partial charge is 0.357 e. The van der Waals surface area contributed by atoms with Gasteiger partial charge in [0.1, 0.15) is 18.4 Å². The molecule has 0 bridgehead atoms. The predicted octanol–water partition coefficient (Wildman–Crippen LogP) is 0.891. The first kappa shape index (κ1) is 19.7. The molecular formula is C17H22ClN5O3. The number of nitrogens with zero attached hydrogens (tertiary/aromatic N) is 3. The standard InChI is InChI=1S/C17H22ClN5O3/c1-4-5-14-21-23(13-8-6-12(18)7-9-13)17(26)22(14)10-15(24)20-11(2)16(25)19-3/h6-9,11H,4-5,10H2,1-3H3,(H,19,25)(H,20,24)/t11-/m1/s1. The summed E-state index contributed by atoms with van der Waals surface area (Å²) in [6, 6.07) is 6.01. The molecule has 2 N–H and O–H groups in total. The third-order valence-electron chi connectivity index (χ3n) is 3.80. The van der Waals surface area contributed by atoms with E-state index in [1.807, 2.05) is 6.92 Å². The first-order chi connectivity index (χ1) is 12.4. The van der Waals surface area contributed by atoms with Gasteiger partial charge in [-0.05, 0) is 37.6 Å². The van der Waals surface area contributed by atoms with Crippen LogP contribution < -0.4 is 16.3 Å². The van der Waals surface area contributed by atoms with Crippen LogP contribution in [0.1, 0.15) is 26.1 Å². The van der Waals surface area contributed by atoms with E-state index in [1.54, 1.807) is 31.2 Å². The number of halogens is 1. The Labute approximate surface area is 156 Å². The Morgan fingerprint density at radius 2 is 1.92 bits per heavy atom. The number of rotatable bonds is 7. The van der Waals surface area contributed by atoms with E-state index in [4.69, 9.17) is 11.6 Å². The topological polar surface area (TPSA) is 98.0 Å². The molecule has 2 amide bonds. The SMILES string of the molecule is CCCc1nn(-c2ccc(Cl)cc2)c(=O)n1CC(=O)N[C@H](C)C(=O)NC. The summed E-state index contributed by atoms with van der Waals surface area (Å²) in [5.41, 5.74) is 0.146. The van der Waals surface area contributed by atoms with Gasteiger partial charge < -0.3 is 10.6 Å². The highest BCUT2D eigenvalue weighted by Crippen LogP contribution is 2.12. The van der Waals surface area contributed by atoms with Gasteiger partial charge in [0.05, 0.1) is 5.69 Å². The van der Waals surface area contributed by atoms with Crippen LogP contribution in [-0.2, 0) is 22.6 Å². The number of benzene rings is 1. The molecule has 0 unspecified atom stereocenters. The van der Waals surface area contributed by atoms with Gasteiger partial charge in [-0.25, -0.2) is 4.79 Å². The van der Waals surface area contributed by atoms with Gasteiger partial charge >= 0.3 is 5.69 Å². The average Bonchev–Trinajstić information content (AvgIpc) is 2.91. The Morgan fingerprint density at radius 3 is 2.50 bits per heavy atom. The zero-order valence-corrected chi connectivity index (χ0v) is 15.7. The molecule has 0 spiro atoms. The maximum Gasteiger partial charge on any atom is 0.351 e. The van der Waals surface area contributed by atoms with Gasteiger partial charge in [-0.1, -0.05) is 18.5 Å². The molecule has 8 nitrogen and oxygen atoms in total. The fourth-order valence-electron chi connectivity index (χ4n) is 2.47. The molecular weight excluding hydrogens is 358 g/mol. The molecule has 0 aliphatic carbocycles. The van der Waals surface area contributed by atoms with E-state index in [0.717, 1.165) is 6.42 Å². The van der Waals surface area contributed by atoms with Crippen LogP contribution in [0.3, 0.4) is 0 Å². The van der Waals surface area contributed by atoms with Crippen LogP contribution in [-0.4, -0.2) is 39.3 Å². The molecule has 2 rings (SSSR count). The minimum absolute atomic E-state index is 0.205. The van der Waals surface area contributed by atoms with Crippen LogP contribution in [0.5, 0.6) is 0 Å². The van der Waals surface area contributed by atoms with Gasteiger partial charge in [-0.15, -0.1) is 5.10 Å².